The fraction of sp³-hybridized carbons (Fsp3) is 0.630. The first-order valence-electron chi connectivity index (χ1n) is 25.4. The quantitative estimate of drug-likeness (QED) is 0.0382. The highest BCUT2D eigenvalue weighted by Crippen LogP contribution is 2.47. The Morgan fingerprint density at radius 1 is 0.492 bits per heavy atom. The highest BCUT2D eigenvalue weighted by atomic mass is 32.2. The summed E-state index contributed by atoms with van der Waals surface area (Å²) in [5, 5.41) is 1.68. The van der Waals surface area contributed by atoms with Crippen molar-refractivity contribution in [2.75, 3.05) is 24.7 Å². The maximum Gasteiger partial charge on any atom is 0.187 e. The van der Waals surface area contributed by atoms with E-state index in [0.717, 1.165) is 107 Å². The monoisotopic (exact) mass is 923 g/mol. The fourth-order valence-corrected chi connectivity index (χ4v) is 11.6. The summed E-state index contributed by atoms with van der Waals surface area (Å²) in [5.41, 5.74) is 6.22. The molecular formula is C54H74N4O5S2. The molecule has 2 aromatic carbocycles. The van der Waals surface area contributed by atoms with Gasteiger partial charge in [-0.2, -0.15) is 0 Å². The highest BCUT2D eigenvalue weighted by molar-refractivity contribution is 7.99. The molecule has 9 nitrogen and oxygen atoms in total. The Labute approximate surface area is 398 Å². The van der Waals surface area contributed by atoms with Crippen LogP contribution in [0.25, 0.3) is 22.3 Å². The van der Waals surface area contributed by atoms with Gasteiger partial charge in [0, 0.05) is 73.1 Å². The molecule has 8 rings (SSSR count). The van der Waals surface area contributed by atoms with Gasteiger partial charge in [-0.25, -0.2) is 19.9 Å². The van der Waals surface area contributed by atoms with Crippen LogP contribution in [0.2, 0.25) is 0 Å². The Morgan fingerprint density at radius 3 is 1.25 bits per heavy atom. The number of nitrogens with zero attached hydrogens (tertiary/aromatic N) is 4. The van der Waals surface area contributed by atoms with E-state index in [1.807, 2.05) is 24.8 Å². The molecule has 0 radical (unpaired) electrons. The molecule has 4 aromatic rings. The summed E-state index contributed by atoms with van der Waals surface area (Å²) in [6.07, 6.45) is 32.5. The van der Waals surface area contributed by atoms with E-state index in [2.05, 4.69) is 62.4 Å². The van der Waals surface area contributed by atoms with Crippen molar-refractivity contribution in [3.63, 3.8) is 0 Å². The molecule has 4 aliphatic rings. The minimum absolute atomic E-state index is 0.285. The van der Waals surface area contributed by atoms with Gasteiger partial charge in [0.05, 0.1) is 13.2 Å². The van der Waals surface area contributed by atoms with Gasteiger partial charge < -0.3 is 23.7 Å². The van der Waals surface area contributed by atoms with Crippen molar-refractivity contribution in [3.05, 3.63) is 84.4 Å². The minimum atomic E-state index is -0.544. The first-order chi connectivity index (χ1) is 32.0. The molecule has 2 saturated carbocycles. The summed E-state index contributed by atoms with van der Waals surface area (Å²) < 4.78 is 34.6. The van der Waals surface area contributed by atoms with Crippen molar-refractivity contribution in [3.8, 4) is 22.3 Å². The topological polar surface area (TPSA) is 97.7 Å². The van der Waals surface area contributed by atoms with Gasteiger partial charge in [0.25, 0.3) is 0 Å². The number of hydrogen-bond donors (Lipinski definition) is 0. The van der Waals surface area contributed by atoms with E-state index in [9.17, 15) is 0 Å². The molecule has 65 heavy (non-hydrogen) atoms. The largest absolute Gasteiger partial charge is 0.360 e. The number of unbranched alkanes of at least 4 members (excludes halogenated alkanes) is 10. The molecule has 2 spiro atoms. The standard InChI is InChI=1S/C54H74N4O5S2/c1-3-5-7-9-11-19-33-64-51-55-35-45(36-56-51)41-21-25-43(26-22-41)49(47-39-59-53(62-47)29-15-13-16-30-53)61-50(48-40-60-54(63-48)31-17-14-18-32-54)44-27-23-42(24-28-44)46-37-57-52(58-38-46)65-34-20-12-10-8-6-4-2/h21-28,35-38,47-50H,3-20,29-34,39-40H2,1-2H3/t47?,48?,49-,50-/m0/s1. The van der Waals surface area contributed by atoms with Crippen LogP contribution in [0.3, 0.4) is 0 Å². The van der Waals surface area contributed by atoms with Crippen LogP contribution < -0.4 is 0 Å². The van der Waals surface area contributed by atoms with Gasteiger partial charge in [-0.3, -0.25) is 0 Å². The van der Waals surface area contributed by atoms with Gasteiger partial charge in [0.15, 0.2) is 21.9 Å². The third-order valence-corrected chi connectivity index (χ3v) is 15.7. The predicted octanol–water partition coefficient (Wildman–Crippen LogP) is 14.5. The second kappa shape index (κ2) is 24.9. The fourth-order valence-electron chi connectivity index (χ4n) is 9.98. The van der Waals surface area contributed by atoms with Crippen LogP contribution in [0, 0.1) is 0 Å². The Hall–Kier alpha value is -2.90. The van der Waals surface area contributed by atoms with E-state index in [0.29, 0.717) is 13.2 Å². The van der Waals surface area contributed by atoms with Crippen LogP contribution in [0.5, 0.6) is 0 Å². The zero-order chi connectivity index (χ0) is 44.6. The van der Waals surface area contributed by atoms with E-state index in [-0.39, 0.29) is 12.2 Å². The van der Waals surface area contributed by atoms with Gasteiger partial charge in [-0.1, -0.05) is 163 Å². The molecule has 2 saturated heterocycles. The van der Waals surface area contributed by atoms with Crippen molar-refractivity contribution in [1.82, 2.24) is 19.9 Å². The molecule has 0 bridgehead atoms. The van der Waals surface area contributed by atoms with Gasteiger partial charge >= 0.3 is 0 Å². The molecule has 4 fully saturated rings. The molecule has 2 aromatic heterocycles. The van der Waals surface area contributed by atoms with E-state index < -0.39 is 23.8 Å². The molecule has 11 heteroatoms. The Morgan fingerprint density at radius 2 is 0.862 bits per heavy atom. The number of thioether (sulfide) groups is 2. The van der Waals surface area contributed by atoms with Crippen LogP contribution in [0.4, 0.5) is 0 Å². The molecule has 4 atom stereocenters. The maximum absolute atomic E-state index is 7.46. The Kier molecular flexibility index (Phi) is 18.6. The van der Waals surface area contributed by atoms with Crippen LogP contribution in [0.15, 0.2) is 83.6 Å². The third-order valence-electron chi connectivity index (χ3n) is 13.8. The summed E-state index contributed by atoms with van der Waals surface area (Å²) in [7, 11) is 0. The predicted molar refractivity (Wildman–Crippen MR) is 263 cm³/mol. The lowest BCUT2D eigenvalue weighted by molar-refractivity contribution is -0.218. The molecule has 2 aliphatic heterocycles. The van der Waals surface area contributed by atoms with Crippen LogP contribution >= 0.6 is 23.5 Å². The van der Waals surface area contributed by atoms with Crippen molar-refractivity contribution >= 4 is 23.5 Å². The first-order valence-corrected chi connectivity index (χ1v) is 27.4. The zero-order valence-corrected chi connectivity index (χ0v) is 40.9. The smallest absolute Gasteiger partial charge is 0.187 e. The maximum atomic E-state index is 7.46. The lowest BCUT2D eigenvalue weighted by Gasteiger charge is -2.36. The Bertz CT molecular complexity index is 1830. The number of hydrogen-bond acceptors (Lipinski definition) is 11. The van der Waals surface area contributed by atoms with Gasteiger partial charge in [-0.05, 0) is 60.8 Å². The molecule has 4 heterocycles. The van der Waals surface area contributed by atoms with Crippen LogP contribution in [-0.4, -0.2) is 68.4 Å². The van der Waals surface area contributed by atoms with Gasteiger partial charge in [0.1, 0.15) is 24.4 Å². The van der Waals surface area contributed by atoms with Crippen LogP contribution in [-0.2, 0) is 23.7 Å². The lowest BCUT2D eigenvalue weighted by Crippen LogP contribution is -2.37. The van der Waals surface area contributed by atoms with Crippen molar-refractivity contribution in [2.24, 2.45) is 0 Å². The lowest BCUT2D eigenvalue weighted by atomic mass is 9.94. The zero-order valence-electron chi connectivity index (χ0n) is 39.3. The summed E-state index contributed by atoms with van der Waals surface area (Å²) in [4.78, 5) is 18.9. The molecule has 0 amide bonds. The third kappa shape index (κ3) is 13.6. The molecule has 0 N–H and O–H groups in total. The molecule has 352 valence electrons. The average molecular weight is 923 g/mol. The Balaban J connectivity index is 0.992. The van der Waals surface area contributed by atoms with Crippen molar-refractivity contribution < 1.29 is 23.7 Å². The summed E-state index contributed by atoms with van der Waals surface area (Å²) in [6.45, 7) is 5.48. The molecular weight excluding hydrogens is 849 g/mol. The second-order valence-corrected chi connectivity index (χ2v) is 21.0. The van der Waals surface area contributed by atoms with Crippen molar-refractivity contribution in [2.45, 2.75) is 201 Å². The number of rotatable bonds is 24. The summed E-state index contributed by atoms with van der Waals surface area (Å²) in [6, 6.07) is 17.4. The molecule has 2 unspecified atom stereocenters. The van der Waals surface area contributed by atoms with Crippen LogP contribution in [0.1, 0.15) is 178 Å². The number of benzene rings is 2. The van der Waals surface area contributed by atoms with E-state index in [4.69, 9.17) is 43.6 Å². The average Bonchev–Trinajstić information content (AvgIpc) is 3.95. The second-order valence-electron chi connectivity index (χ2n) is 18.8. The minimum Gasteiger partial charge on any atom is -0.360 e. The van der Waals surface area contributed by atoms with E-state index in [1.54, 1.807) is 23.5 Å². The number of aromatic nitrogens is 4. The van der Waals surface area contributed by atoms with E-state index >= 15 is 0 Å². The van der Waals surface area contributed by atoms with Gasteiger partial charge in [0.2, 0.25) is 0 Å². The first kappa shape index (κ1) is 48.6. The number of ether oxygens (including phenoxy) is 5. The van der Waals surface area contributed by atoms with E-state index in [1.165, 1.54) is 89.9 Å². The summed E-state index contributed by atoms with van der Waals surface area (Å²) in [5.74, 6) is 1.03. The highest BCUT2D eigenvalue weighted by Gasteiger charge is 2.49. The SMILES string of the molecule is CCCCCCCCSc1ncc(-c2ccc([C@H](O[C@@H](c3ccc(-c4cnc(SCCCCCCCC)nc4)cc3)C3COC4(CCCCC4)O3)C3COC4(CCCCC4)O3)cc2)cn1. The molecule has 2 aliphatic carbocycles. The van der Waals surface area contributed by atoms with Gasteiger partial charge in [-0.15, -0.1) is 0 Å². The summed E-state index contributed by atoms with van der Waals surface area (Å²) >= 11 is 3.51. The van der Waals surface area contributed by atoms with Crippen molar-refractivity contribution in [1.29, 1.82) is 0 Å². The normalized spacial score (nSPS) is 21.3.